The maximum absolute atomic E-state index is 14.3. The Kier molecular flexibility index (Phi) is 8.86. The molecular weight excluding hydrogens is 430 g/mol. The summed E-state index contributed by atoms with van der Waals surface area (Å²) in [4.78, 5) is 0. The fourth-order valence-corrected chi connectivity index (χ4v) is 6.17. The predicted molar refractivity (Wildman–Crippen MR) is 133 cm³/mol. The largest absolute Gasteiger partial charge is 0.491 e. The van der Waals surface area contributed by atoms with E-state index in [1.807, 2.05) is 0 Å². The van der Waals surface area contributed by atoms with Crippen LogP contribution in [0.1, 0.15) is 95.1 Å². The Bertz CT molecular complexity index is 911. The standard InChI is InChI=1S/C30H40F2O2/c1-3-5-6-7-21-8-13-26-19-25(15-14-24(26)18-21)23-11-9-22(10-12-23)20-34-28-17-16-27(33-4-2)29(31)30(28)32/h9-12,16-17,21,24-26H,3-8,13-15,18-20H2,1-2H3. The van der Waals surface area contributed by atoms with Crippen LogP contribution in [0.25, 0.3) is 0 Å². The molecule has 2 aliphatic carbocycles. The minimum Gasteiger partial charge on any atom is -0.491 e. The van der Waals surface area contributed by atoms with E-state index in [-0.39, 0.29) is 24.7 Å². The molecule has 2 nitrogen and oxygen atoms in total. The lowest BCUT2D eigenvalue weighted by molar-refractivity contribution is 0.113. The first-order chi connectivity index (χ1) is 16.6. The van der Waals surface area contributed by atoms with Gasteiger partial charge in [-0.15, -0.1) is 0 Å². The maximum atomic E-state index is 14.3. The predicted octanol–water partition coefficient (Wildman–Crippen LogP) is 8.82. The Morgan fingerprint density at radius 3 is 2.15 bits per heavy atom. The summed E-state index contributed by atoms with van der Waals surface area (Å²) in [6.45, 7) is 4.52. The second-order valence-electron chi connectivity index (χ2n) is 10.4. The quantitative estimate of drug-likeness (QED) is 0.323. The van der Waals surface area contributed by atoms with E-state index in [1.54, 1.807) is 6.92 Å². The van der Waals surface area contributed by atoms with Gasteiger partial charge in [0.15, 0.2) is 11.5 Å². The lowest BCUT2D eigenvalue weighted by Crippen LogP contribution is -2.30. The first kappa shape index (κ1) is 25.0. The first-order valence-electron chi connectivity index (χ1n) is 13.4. The van der Waals surface area contributed by atoms with E-state index in [1.165, 1.54) is 81.9 Å². The molecule has 0 N–H and O–H groups in total. The molecule has 0 bridgehead atoms. The van der Waals surface area contributed by atoms with E-state index in [2.05, 4.69) is 31.2 Å². The minimum absolute atomic E-state index is 0.0867. The molecule has 0 heterocycles. The summed E-state index contributed by atoms with van der Waals surface area (Å²) in [6.07, 6.45) is 13.8. The van der Waals surface area contributed by atoms with Crippen LogP contribution in [-0.2, 0) is 6.61 Å². The van der Waals surface area contributed by atoms with Gasteiger partial charge >= 0.3 is 0 Å². The van der Waals surface area contributed by atoms with E-state index in [0.29, 0.717) is 5.92 Å². The second kappa shape index (κ2) is 12.0. The van der Waals surface area contributed by atoms with Crippen LogP contribution in [0.4, 0.5) is 8.78 Å². The van der Waals surface area contributed by atoms with Crippen LogP contribution in [0.15, 0.2) is 36.4 Å². The van der Waals surface area contributed by atoms with Gasteiger partial charge in [-0.2, -0.15) is 8.78 Å². The van der Waals surface area contributed by atoms with Crippen molar-refractivity contribution in [1.29, 1.82) is 0 Å². The molecule has 0 aliphatic heterocycles. The monoisotopic (exact) mass is 470 g/mol. The number of rotatable bonds is 10. The summed E-state index contributed by atoms with van der Waals surface area (Å²) >= 11 is 0. The van der Waals surface area contributed by atoms with Crippen LogP contribution in [0.5, 0.6) is 11.5 Å². The van der Waals surface area contributed by atoms with Gasteiger partial charge in [-0.25, -0.2) is 0 Å². The smallest absolute Gasteiger partial charge is 0.204 e. The SMILES string of the molecule is CCCCCC1CCC2CC(c3ccc(COc4ccc(OCC)c(F)c4F)cc3)CCC2C1. The fraction of sp³-hybridized carbons (Fsp3) is 0.600. The zero-order valence-electron chi connectivity index (χ0n) is 20.8. The Morgan fingerprint density at radius 1 is 0.765 bits per heavy atom. The molecule has 0 aromatic heterocycles. The number of unbranched alkanes of at least 4 members (excludes halogenated alkanes) is 2. The summed E-state index contributed by atoms with van der Waals surface area (Å²) in [7, 11) is 0. The third-order valence-corrected chi connectivity index (χ3v) is 8.09. The van der Waals surface area contributed by atoms with Crippen molar-refractivity contribution in [2.45, 2.75) is 90.6 Å². The molecule has 2 aliphatic rings. The van der Waals surface area contributed by atoms with Crippen LogP contribution in [0.2, 0.25) is 0 Å². The van der Waals surface area contributed by atoms with Crippen LogP contribution in [0, 0.1) is 29.4 Å². The van der Waals surface area contributed by atoms with Crippen LogP contribution in [-0.4, -0.2) is 6.61 Å². The summed E-state index contributed by atoms with van der Waals surface area (Å²) in [5.74, 6) is 1.27. The minimum atomic E-state index is -1.00. The molecule has 34 heavy (non-hydrogen) atoms. The Balaban J connectivity index is 1.28. The lowest BCUT2D eigenvalue weighted by Gasteiger charge is -2.42. The summed E-state index contributed by atoms with van der Waals surface area (Å²) in [5.41, 5.74) is 2.37. The van der Waals surface area contributed by atoms with Crippen molar-refractivity contribution in [2.24, 2.45) is 17.8 Å². The highest BCUT2D eigenvalue weighted by Gasteiger charge is 2.35. The topological polar surface area (TPSA) is 18.5 Å². The van der Waals surface area contributed by atoms with Gasteiger partial charge in [-0.1, -0.05) is 63.3 Å². The Hall–Kier alpha value is -2.10. The van der Waals surface area contributed by atoms with Gasteiger partial charge < -0.3 is 9.47 Å². The molecule has 0 saturated heterocycles. The molecule has 0 radical (unpaired) electrons. The second-order valence-corrected chi connectivity index (χ2v) is 10.4. The first-order valence-corrected chi connectivity index (χ1v) is 13.4. The average Bonchev–Trinajstić information content (AvgIpc) is 2.86. The van der Waals surface area contributed by atoms with Gasteiger partial charge in [-0.05, 0) is 86.0 Å². The number of fused-ring (bicyclic) bond motifs is 1. The third-order valence-electron chi connectivity index (χ3n) is 8.09. The highest BCUT2D eigenvalue weighted by molar-refractivity contribution is 5.35. The molecule has 2 saturated carbocycles. The normalized spacial score (nSPS) is 24.5. The molecule has 2 fully saturated rings. The highest BCUT2D eigenvalue weighted by atomic mass is 19.2. The molecule has 186 valence electrons. The van der Waals surface area contributed by atoms with Crippen molar-refractivity contribution in [2.75, 3.05) is 6.61 Å². The van der Waals surface area contributed by atoms with E-state index < -0.39 is 11.6 Å². The highest BCUT2D eigenvalue weighted by Crippen LogP contribution is 2.48. The number of benzene rings is 2. The van der Waals surface area contributed by atoms with Gasteiger partial charge in [0.05, 0.1) is 6.61 Å². The van der Waals surface area contributed by atoms with E-state index in [9.17, 15) is 8.78 Å². The van der Waals surface area contributed by atoms with E-state index >= 15 is 0 Å². The van der Waals surface area contributed by atoms with Crippen molar-refractivity contribution >= 4 is 0 Å². The van der Waals surface area contributed by atoms with Crippen LogP contribution >= 0.6 is 0 Å². The molecular formula is C30H40F2O2. The molecule has 4 rings (SSSR count). The number of hydrogen-bond donors (Lipinski definition) is 0. The van der Waals surface area contributed by atoms with Gasteiger partial charge in [0.25, 0.3) is 0 Å². The molecule has 4 unspecified atom stereocenters. The molecule has 0 amide bonds. The maximum Gasteiger partial charge on any atom is 0.204 e. The van der Waals surface area contributed by atoms with Crippen LogP contribution < -0.4 is 9.47 Å². The molecule has 2 aromatic rings. The van der Waals surface area contributed by atoms with Gasteiger partial charge in [0.1, 0.15) is 6.61 Å². The van der Waals surface area contributed by atoms with Crippen molar-refractivity contribution in [1.82, 2.24) is 0 Å². The summed E-state index contributed by atoms with van der Waals surface area (Å²) in [6, 6.07) is 11.4. The average molecular weight is 471 g/mol. The van der Waals surface area contributed by atoms with Crippen molar-refractivity contribution in [3.63, 3.8) is 0 Å². The zero-order valence-corrected chi connectivity index (χ0v) is 20.8. The van der Waals surface area contributed by atoms with E-state index in [0.717, 1.165) is 23.3 Å². The van der Waals surface area contributed by atoms with Crippen LogP contribution in [0.3, 0.4) is 0 Å². The van der Waals surface area contributed by atoms with Gasteiger partial charge in [0.2, 0.25) is 11.6 Å². The van der Waals surface area contributed by atoms with E-state index in [4.69, 9.17) is 9.47 Å². The Morgan fingerprint density at radius 2 is 1.44 bits per heavy atom. The van der Waals surface area contributed by atoms with Crippen molar-refractivity contribution in [3.05, 3.63) is 59.2 Å². The number of hydrogen-bond acceptors (Lipinski definition) is 2. The summed E-state index contributed by atoms with van der Waals surface area (Å²) < 4.78 is 39.0. The number of ether oxygens (including phenoxy) is 2. The lowest BCUT2D eigenvalue weighted by atomic mass is 9.63. The van der Waals surface area contributed by atoms with Gasteiger partial charge in [-0.3, -0.25) is 0 Å². The molecule has 4 heteroatoms. The third kappa shape index (κ3) is 6.12. The van der Waals surface area contributed by atoms with Crippen molar-refractivity contribution < 1.29 is 18.3 Å². The number of halogens is 2. The summed E-state index contributed by atoms with van der Waals surface area (Å²) in [5, 5.41) is 0. The van der Waals surface area contributed by atoms with Crippen molar-refractivity contribution in [3.8, 4) is 11.5 Å². The molecule has 2 aromatic carbocycles. The zero-order chi connectivity index (χ0) is 23.9. The molecule has 0 spiro atoms. The van der Waals surface area contributed by atoms with Gasteiger partial charge in [0, 0.05) is 0 Å². The fourth-order valence-electron chi connectivity index (χ4n) is 6.17. The Labute approximate surface area is 204 Å². The molecule has 4 atom stereocenters.